The molecule has 1 unspecified atom stereocenters. The molecule has 2 aromatic rings. The molecule has 14 nitrogen and oxygen atoms in total. The molecule has 0 saturated heterocycles. The molecule has 0 radical (unpaired) electrons. The van der Waals surface area contributed by atoms with Crippen LogP contribution in [0.25, 0.3) is 0 Å². The van der Waals surface area contributed by atoms with Gasteiger partial charge in [-0.15, -0.1) is 0 Å². The van der Waals surface area contributed by atoms with Gasteiger partial charge in [0.2, 0.25) is 0 Å². The van der Waals surface area contributed by atoms with Crippen LogP contribution in [0.1, 0.15) is 123 Å². The molecule has 0 aliphatic heterocycles. The highest BCUT2D eigenvalue weighted by Crippen LogP contribution is 2.13. The van der Waals surface area contributed by atoms with Crippen molar-refractivity contribution in [2.45, 2.75) is 71.1 Å². The van der Waals surface area contributed by atoms with E-state index in [1.807, 2.05) is 0 Å². The number of carboxylic acid groups (broad SMARTS) is 7. The molecule has 14 heteroatoms. The molecule has 0 aromatic heterocycles. The Hall–Kier alpha value is -5.53. The lowest BCUT2D eigenvalue weighted by atomic mass is 10.0. The predicted molar refractivity (Wildman–Crippen MR) is 167 cm³/mol. The summed E-state index contributed by atoms with van der Waals surface area (Å²) in [5.41, 5.74) is -1.08. The third-order valence-electron chi connectivity index (χ3n) is 6.41. The second kappa shape index (κ2) is 22.9. The molecule has 0 heterocycles. The number of benzene rings is 2. The summed E-state index contributed by atoms with van der Waals surface area (Å²) in [5.74, 6) is -9.37. The van der Waals surface area contributed by atoms with Crippen molar-refractivity contribution in [3.63, 3.8) is 0 Å². The first-order valence-electron chi connectivity index (χ1n) is 14.6. The molecule has 0 fully saturated rings. The zero-order valence-electron chi connectivity index (χ0n) is 25.8. The smallest absolute Gasteiger partial charge is 0.336 e. The first-order chi connectivity index (χ1) is 22.1. The Morgan fingerprint density at radius 3 is 1.36 bits per heavy atom. The third kappa shape index (κ3) is 18.1. The lowest BCUT2D eigenvalue weighted by molar-refractivity contribution is -0.146. The average Bonchev–Trinajstić information content (AvgIpc) is 3.01. The van der Waals surface area contributed by atoms with Gasteiger partial charge >= 0.3 is 41.8 Å². The molecule has 0 spiro atoms. The van der Waals surface area contributed by atoms with Crippen LogP contribution < -0.4 is 0 Å². The van der Waals surface area contributed by atoms with Gasteiger partial charge in [0, 0.05) is 0 Å². The number of aliphatic carboxylic acids is 2. The number of hydrogen-bond acceptors (Lipinski definition) is 7. The van der Waals surface area contributed by atoms with E-state index in [2.05, 4.69) is 6.92 Å². The Morgan fingerprint density at radius 2 is 0.979 bits per heavy atom. The van der Waals surface area contributed by atoms with Crippen molar-refractivity contribution >= 4 is 41.8 Å². The Morgan fingerprint density at radius 1 is 0.553 bits per heavy atom. The van der Waals surface area contributed by atoms with Gasteiger partial charge in [-0.3, -0.25) is 9.59 Å². The summed E-state index contributed by atoms with van der Waals surface area (Å²) in [7, 11) is 0. The highest BCUT2D eigenvalue weighted by molar-refractivity contribution is 6.03. The van der Waals surface area contributed by atoms with Crippen LogP contribution in [0.4, 0.5) is 0 Å². The number of allylic oxidation sites excluding steroid dienone is 1. The molecule has 0 amide bonds. The largest absolute Gasteiger partial charge is 0.481 e. The molecule has 47 heavy (non-hydrogen) atoms. The Bertz CT molecular complexity index is 1360. The zero-order chi connectivity index (χ0) is 35.9. The molecular weight excluding hydrogens is 620 g/mol. The van der Waals surface area contributed by atoms with E-state index in [0.29, 0.717) is 0 Å². The van der Waals surface area contributed by atoms with Crippen molar-refractivity contribution < 1.29 is 69.3 Å². The SMILES string of the molecule is CCCCCCCCCCC=CC(CC(=O)O)C(=O)O.O=C(O)c1ccc(C(=O)O)c(C(=O)O)c1.O=C(O)c1ccc(C(=O)O)cc1. The van der Waals surface area contributed by atoms with E-state index >= 15 is 0 Å². The van der Waals surface area contributed by atoms with Crippen molar-refractivity contribution in [1.82, 2.24) is 0 Å². The highest BCUT2D eigenvalue weighted by Gasteiger charge is 2.18. The van der Waals surface area contributed by atoms with E-state index in [0.717, 1.165) is 37.5 Å². The number of unbranched alkanes of at least 4 members (excludes halogenated alkanes) is 8. The zero-order valence-corrected chi connectivity index (χ0v) is 25.8. The Kier molecular flexibility index (Phi) is 20.2. The minimum Gasteiger partial charge on any atom is -0.481 e. The maximum absolute atomic E-state index is 10.8. The molecular formula is C33H40O14. The van der Waals surface area contributed by atoms with Gasteiger partial charge in [-0.05, 0) is 55.3 Å². The number of rotatable bonds is 18. The van der Waals surface area contributed by atoms with Crippen molar-refractivity contribution in [2.24, 2.45) is 5.92 Å². The van der Waals surface area contributed by atoms with Crippen molar-refractivity contribution in [2.75, 3.05) is 0 Å². The summed E-state index contributed by atoms with van der Waals surface area (Å²) in [6.07, 6.45) is 13.7. The van der Waals surface area contributed by atoms with Crippen LogP contribution in [-0.2, 0) is 9.59 Å². The van der Waals surface area contributed by atoms with Gasteiger partial charge in [0.05, 0.1) is 40.2 Å². The summed E-state index contributed by atoms with van der Waals surface area (Å²) in [6.45, 7) is 2.21. The Labute approximate surface area is 270 Å². The fourth-order valence-electron chi connectivity index (χ4n) is 3.88. The number of carboxylic acids is 7. The van der Waals surface area contributed by atoms with Gasteiger partial charge in [0.25, 0.3) is 0 Å². The minimum atomic E-state index is -1.48. The topological polar surface area (TPSA) is 261 Å². The molecule has 2 aromatic carbocycles. The molecule has 7 N–H and O–H groups in total. The van der Waals surface area contributed by atoms with Crippen molar-refractivity contribution in [1.29, 1.82) is 0 Å². The predicted octanol–water partition coefficient (Wildman–Crippen LogP) is 6.11. The summed E-state index contributed by atoms with van der Waals surface area (Å²) >= 11 is 0. The maximum atomic E-state index is 10.8. The molecule has 1 atom stereocenters. The van der Waals surface area contributed by atoms with Gasteiger partial charge in [0.1, 0.15) is 0 Å². The van der Waals surface area contributed by atoms with E-state index in [1.165, 1.54) is 68.9 Å². The number of aromatic carboxylic acids is 5. The molecule has 256 valence electrons. The molecule has 2 rings (SSSR count). The second-order valence-electron chi connectivity index (χ2n) is 10.1. The van der Waals surface area contributed by atoms with E-state index < -0.39 is 58.8 Å². The first-order valence-corrected chi connectivity index (χ1v) is 14.6. The molecule has 0 saturated carbocycles. The van der Waals surface area contributed by atoms with Gasteiger partial charge in [-0.25, -0.2) is 24.0 Å². The summed E-state index contributed by atoms with van der Waals surface area (Å²) < 4.78 is 0. The second-order valence-corrected chi connectivity index (χ2v) is 10.1. The first kappa shape index (κ1) is 41.5. The number of carbonyl (C=O) groups is 7. The fraction of sp³-hybridized carbons (Fsp3) is 0.364. The van der Waals surface area contributed by atoms with Gasteiger partial charge in [-0.2, -0.15) is 0 Å². The van der Waals surface area contributed by atoms with E-state index in [4.69, 9.17) is 35.7 Å². The average molecular weight is 661 g/mol. The van der Waals surface area contributed by atoms with Crippen LogP contribution in [0.3, 0.4) is 0 Å². The van der Waals surface area contributed by atoms with Crippen LogP contribution >= 0.6 is 0 Å². The fourth-order valence-corrected chi connectivity index (χ4v) is 3.88. The monoisotopic (exact) mass is 660 g/mol. The van der Waals surface area contributed by atoms with Crippen molar-refractivity contribution in [3.05, 3.63) is 82.4 Å². The standard InChI is InChI=1S/C16H28O4.C9H6O6.C8H6O4/c1-2-3-4-5-6-7-8-9-10-11-12-14(16(19)20)13-15(17)18;10-7(11)4-1-2-5(8(12)13)6(3-4)9(14)15;9-7(10)5-1-2-6(4-3-5)8(11)12/h11-12,14H,2-10,13H2,1H3,(H,17,18)(H,19,20);1-3H,(H,10,11)(H,12,13)(H,14,15);1-4H,(H,9,10)(H,11,12). The maximum Gasteiger partial charge on any atom is 0.336 e. The normalized spacial score (nSPS) is 10.8. The van der Waals surface area contributed by atoms with Gasteiger partial charge in [-0.1, -0.05) is 64.0 Å². The number of hydrogen-bond donors (Lipinski definition) is 7. The van der Waals surface area contributed by atoms with Gasteiger partial charge in [0.15, 0.2) is 0 Å². The van der Waals surface area contributed by atoms with E-state index in [9.17, 15) is 33.6 Å². The summed E-state index contributed by atoms with van der Waals surface area (Å²) in [5, 5.41) is 60.3. The Balaban J connectivity index is 0.000000697. The minimum absolute atomic E-state index is 0.0833. The van der Waals surface area contributed by atoms with E-state index in [-0.39, 0.29) is 23.1 Å². The van der Waals surface area contributed by atoms with Crippen LogP contribution in [0.2, 0.25) is 0 Å². The van der Waals surface area contributed by atoms with Crippen LogP contribution in [0.15, 0.2) is 54.6 Å². The van der Waals surface area contributed by atoms with Gasteiger partial charge < -0.3 is 35.7 Å². The summed E-state index contributed by atoms with van der Waals surface area (Å²) in [4.78, 5) is 73.7. The quantitative estimate of drug-likeness (QED) is 0.0702. The van der Waals surface area contributed by atoms with E-state index in [1.54, 1.807) is 6.08 Å². The summed E-state index contributed by atoms with van der Waals surface area (Å²) in [6, 6.07) is 7.83. The lowest BCUT2D eigenvalue weighted by Gasteiger charge is -2.03. The van der Waals surface area contributed by atoms with Crippen LogP contribution in [0, 0.1) is 5.92 Å². The highest BCUT2D eigenvalue weighted by atomic mass is 16.4. The van der Waals surface area contributed by atoms with Crippen molar-refractivity contribution in [3.8, 4) is 0 Å². The van der Waals surface area contributed by atoms with Crippen LogP contribution in [0.5, 0.6) is 0 Å². The lowest BCUT2D eigenvalue weighted by Crippen LogP contribution is -2.15. The molecule has 0 aliphatic carbocycles. The molecule has 0 aliphatic rings. The third-order valence-corrected chi connectivity index (χ3v) is 6.41. The van der Waals surface area contributed by atoms with Crippen LogP contribution in [-0.4, -0.2) is 77.5 Å². The molecule has 0 bridgehead atoms.